The lowest BCUT2D eigenvalue weighted by Gasteiger charge is -2.23. The Morgan fingerprint density at radius 2 is 2.26 bits per heavy atom. The molecule has 0 spiro atoms. The second-order valence-electron chi connectivity index (χ2n) is 4.62. The van der Waals surface area contributed by atoms with Gasteiger partial charge in [-0.2, -0.15) is 5.10 Å². The third-order valence-corrected chi connectivity index (χ3v) is 3.32. The highest BCUT2D eigenvalue weighted by Crippen LogP contribution is 2.30. The van der Waals surface area contributed by atoms with Crippen molar-refractivity contribution in [2.75, 3.05) is 6.61 Å². The summed E-state index contributed by atoms with van der Waals surface area (Å²) in [6, 6.07) is 4.55. The van der Waals surface area contributed by atoms with Crippen LogP contribution < -0.4 is 0 Å². The van der Waals surface area contributed by atoms with Gasteiger partial charge < -0.3 is 14.9 Å². The van der Waals surface area contributed by atoms with Crippen molar-refractivity contribution in [2.24, 2.45) is 0 Å². The normalized spacial score (nSPS) is 19.7. The van der Waals surface area contributed by atoms with Gasteiger partial charge in [0.2, 0.25) is 0 Å². The zero-order chi connectivity index (χ0) is 13.4. The van der Waals surface area contributed by atoms with E-state index in [2.05, 4.69) is 5.10 Å². The van der Waals surface area contributed by atoms with Crippen molar-refractivity contribution in [1.29, 1.82) is 0 Å². The quantitative estimate of drug-likeness (QED) is 0.866. The van der Waals surface area contributed by atoms with Gasteiger partial charge in [0.15, 0.2) is 11.9 Å². The molecule has 2 aromatic rings. The molecular formula is C13H14N2O4. The number of aromatic carboxylic acids is 1. The summed E-state index contributed by atoms with van der Waals surface area (Å²) in [6.45, 7) is 0.646. The first kappa shape index (κ1) is 12.0. The largest absolute Gasteiger partial charge is 0.508 e. The van der Waals surface area contributed by atoms with Crippen LogP contribution in [0.2, 0.25) is 0 Å². The number of aromatic hydroxyl groups is 1. The van der Waals surface area contributed by atoms with Crippen molar-refractivity contribution in [1.82, 2.24) is 9.78 Å². The van der Waals surface area contributed by atoms with E-state index >= 15 is 0 Å². The van der Waals surface area contributed by atoms with E-state index in [4.69, 9.17) is 4.74 Å². The summed E-state index contributed by atoms with van der Waals surface area (Å²) in [4.78, 5) is 11.2. The van der Waals surface area contributed by atoms with Crippen LogP contribution in [-0.2, 0) is 4.74 Å². The number of phenolic OH excluding ortho intramolecular Hbond substituents is 1. The predicted molar refractivity (Wildman–Crippen MR) is 67.2 cm³/mol. The van der Waals surface area contributed by atoms with Crippen molar-refractivity contribution in [3.8, 4) is 5.75 Å². The van der Waals surface area contributed by atoms with E-state index < -0.39 is 5.97 Å². The predicted octanol–water partition coefficient (Wildman–Crippen LogP) is 2.14. The molecule has 1 aliphatic heterocycles. The zero-order valence-corrected chi connectivity index (χ0v) is 10.2. The van der Waals surface area contributed by atoms with Gasteiger partial charge in [-0.1, -0.05) is 0 Å². The number of carboxylic acids is 1. The number of hydrogen-bond donors (Lipinski definition) is 2. The molecule has 0 saturated carbocycles. The molecule has 1 saturated heterocycles. The monoisotopic (exact) mass is 262 g/mol. The molecule has 1 aliphatic rings. The highest BCUT2D eigenvalue weighted by Gasteiger charge is 2.23. The summed E-state index contributed by atoms with van der Waals surface area (Å²) in [5, 5.41) is 23.4. The van der Waals surface area contributed by atoms with Gasteiger partial charge >= 0.3 is 5.97 Å². The standard InChI is InChI=1S/C13H14N2O4/c16-8-4-5-9-10(7-8)15(14-12(9)13(17)18)11-3-1-2-6-19-11/h4-5,7,11,16H,1-3,6H2,(H,17,18). The Morgan fingerprint density at radius 3 is 2.95 bits per heavy atom. The van der Waals surface area contributed by atoms with Gasteiger partial charge in [-0.3, -0.25) is 0 Å². The van der Waals surface area contributed by atoms with Crippen molar-refractivity contribution >= 4 is 16.9 Å². The number of phenols is 1. The molecule has 100 valence electrons. The molecule has 1 aromatic carbocycles. The van der Waals surface area contributed by atoms with Gasteiger partial charge in [-0.25, -0.2) is 9.48 Å². The highest BCUT2D eigenvalue weighted by atomic mass is 16.5. The van der Waals surface area contributed by atoms with Crippen LogP contribution in [0.4, 0.5) is 0 Å². The van der Waals surface area contributed by atoms with Crippen LogP contribution in [0, 0.1) is 0 Å². The molecule has 0 bridgehead atoms. The lowest BCUT2D eigenvalue weighted by atomic mass is 10.1. The summed E-state index contributed by atoms with van der Waals surface area (Å²) in [6.07, 6.45) is 2.57. The summed E-state index contributed by atoms with van der Waals surface area (Å²) in [7, 11) is 0. The third-order valence-electron chi connectivity index (χ3n) is 3.32. The maximum absolute atomic E-state index is 11.2. The van der Waals surface area contributed by atoms with Crippen LogP contribution in [0.15, 0.2) is 18.2 Å². The van der Waals surface area contributed by atoms with Crippen molar-refractivity contribution in [3.63, 3.8) is 0 Å². The fourth-order valence-corrected chi connectivity index (χ4v) is 2.42. The minimum Gasteiger partial charge on any atom is -0.508 e. The summed E-state index contributed by atoms with van der Waals surface area (Å²) in [5.41, 5.74) is 0.577. The molecule has 6 nitrogen and oxygen atoms in total. The van der Waals surface area contributed by atoms with Crippen LogP contribution >= 0.6 is 0 Å². The molecule has 2 heterocycles. The summed E-state index contributed by atoms with van der Waals surface area (Å²) >= 11 is 0. The maximum Gasteiger partial charge on any atom is 0.357 e. The number of carbonyl (C=O) groups is 1. The maximum atomic E-state index is 11.2. The van der Waals surface area contributed by atoms with Crippen LogP contribution in [0.25, 0.3) is 10.9 Å². The first-order valence-electron chi connectivity index (χ1n) is 6.23. The van der Waals surface area contributed by atoms with Gasteiger partial charge in [0.1, 0.15) is 5.75 Å². The van der Waals surface area contributed by atoms with E-state index in [-0.39, 0.29) is 17.7 Å². The lowest BCUT2D eigenvalue weighted by molar-refractivity contribution is -0.0368. The van der Waals surface area contributed by atoms with Crippen LogP contribution in [-0.4, -0.2) is 32.6 Å². The minimum atomic E-state index is -1.08. The SMILES string of the molecule is O=C(O)c1nn(C2CCCCO2)c2cc(O)ccc12. The molecular weight excluding hydrogens is 248 g/mol. The molecule has 1 aromatic heterocycles. The Morgan fingerprint density at radius 1 is 1.42 bits per heavy atom. The Labute approximate surface area is 109 Å². The fraction of sp³-hybridized carbons (Fsp3) is 0.385. The Kier molecular flexibility index (Phi) is 2.87. The van der Waals surface area contributed by atoms with Crippen molar-refractivity contribution in [3.05, 3.63) is 23.9 Å². The molecule has 0 amide bonds. The summed E-state index contributed by atoms with van der Waals surface area (Å²) in [5.74, 6) is -0.994. The second kappa shape index (κ2) is 4.55. The average Bonchev–Trinajstić information content (AvgIpc) is 2.78. The molecule has 0 radical (unpaired) electrons. The molecule has 19 heavy (non-hydrogen) atoms. The van der Waals surface area contributed by atoms with E-state index in [1.54, 1.807) is 10.7 Å². The number of fused-ring (bicyclic) bond motifs is 1. The zero-order valence-electron chi connectivity index (χ0n) is 10.2. The first-order chi connectivity index (χ1) is 9.16. The lowest BCUT2D eigenvalue weighted by Crippen LogP contribution is -2.19. The smallest absolute Gasteiger partial charge is 0.357 e. The molecule has 1 fully saturated rings. The molecule has 1 unspecified atom stereocenters. The molecule has 1 atom stereocenters. The highest BCUT2D eigenvalue weighted by molar-refractivity contribution is 6.01. The Bertz CT molecular complexity index is 629. The number of ether oxygens (including phenoxy) is 1. The molecule has 6 heteroatoms. The summed E-state index contributed by atoms with van der Waals surface area (Å²) < 4.78 is 7.20. The van der Waals surface area contributed by atoms with Crippen LogP contribution in [0.3, 0.4) is 0 Å². The van der Waals surface area contributed by atoms with Crippen molar-refractivity contribution < 1.29 is 19.7 Å². The van der Waals surface area contributed by atoms with E-state index in [1.165, 1.54) is 12.1 Å². The third kappa shape index (κ3) is 2.04. The molecule has 3 rings (SSSR count). The number of benzene rings is 1. The Hall–Kier alpha value is -2.08. The molecule has 0 aliphatic carbocycles. The Balaban J connectivity index is 2.17. The van der Waals surface area contributed by atoms with Crippen molar-refractivity contribution in [2.45, 2.75) is 25.5 Å². The number of carboxylic acid groups (broad SMARTS) is 1. The average molecular weight is 262 g/mol. The van der Waals surface area contributed by atoms with Gasteiger partial charge in [-0.05, 0) is 31.4 Å². The van der Waals surface area contributed by atoms with Gasteiger partial charge in [0.25, 0.3) is 0 Å². The topological polar surface area (TPSA) is 84.6 Å². The van der Waals surface area contributed by atoms with E-state index in [0.29, 0.717) is 17.5 Å². The van der Waals surface area contributed by atoms with Gasteiger partial charge in [-0.15, -0.1) is 0 Å². The van der Waals surface area contributed by atoms with E-state index in [9.17, 15) is 15.0 Å². The van der Waals surface area contributed by atoms with Crippen LogP contribution in [0.1, 0.15) is 36.0 Å². The number of hydrogen-bond acceptors (Lipinski definition) is 4. The number of nitrogens with zero attached hydrogens (tertiary/aromatic N) is 2. The molecule has 2 N–H and O–H groups in total. The number of aromatic nitrogens is 2. The fourth-order valence-electron chi connectivity index (χ4n) is 2.42. The second-order valence-corrected chi connectivity index (χ2v) is 4.62. The van der Waals surface area contributed by atoms with Crippen LogP contribution in [0.5, 0.6) is 5.75 Å². The van der Waals surface area contributed by atoms with E-state index in [1.807, 2.05) is 0 Å². The van der Waals surface area contributed by atoms with Gasteiger partial charge in [0.05, 0.1) is 5.52 Å². The van der Waals surface area contributed by atoms with E-state index in [0.717, 1.165) is 19.3 Å². The minimum absolute atomic E-state index is 0.0100. The first-order valence-corrected chi connectivity index (χ1v) is 6.23. The van der Waals surface area contributed by atoms with Gasteiger partial charge in [0, 0.05) is 18.1 Å². The number of rotatable bonds is 2.